The molecule has 0 saturated carbocycles. The number of aryl methyl sites for hydroxylation is 2. The quantitative estimate of drug-likeness (QED) is 0.785. The second kappa shape index (κ2) is 5.49. The Morgan fingerprint density at radius 2 is 2.21 bits per heavy atom. The molecule has 0 bridgehead atoms. The van der Waals surface area contributed by atoms with Crippen molar-refractivity contribution in [1.82, 2.24) is 5.32 Å². The van der Waals surface area contributed by atoms with Gasteiger partial charge in [0.2, 0.25) is 0 Å². The van der Waals surface area contributed by atoms with Crippen molar-refractivity contribution in [1.29, 1.82) is 0 Å². The summed E-state index contributed by atoms with van der Waals surface area (Å²) in [6, 6.07) is 2.54. The van der Waals surface area contributed by atoms with Crippen molar-refractivity contribution in [3.8, 4) is 0 Å². The van der Waals surface area contributed by atoms with E-state index in [9.17, 15) is 0 Å². The van der Waals surface area contributed by atoms with Crippen LogP contribution in [0.5, 0.6) is 0 Å². The molecule has 1 atom stereocenters. The Labute approximate surface area is 90.5 Å². The molecule has 0 spiro atoms. The zero-order valence-corrected chi connectivity index (χ0v) is 10.1. The van der Waals surface area contributed by atoms with Gasteiger partial charge in [0.05, 0.1) is 0 Å². The van der Waals surface area contributed by atoms with E-state index >= 15 is 0 Å². The highest BCUT2D eigenvalue weighted by Crippen LogP contribution is 2.20. The van der Waals surface area contributed by atoms with E-state index in [0.29, 0.717) is 0 Å². The number of rotatable bonds is 5. The van der Waals surface area contributed by atoms with Crippen LogP contribution in [0, 0.1) is 13.8 Å². The molecule has 0 aliphatic heterocycles. The molecule has 0 saturated heterocycles. The monoisotopic (exact) mass is 212 g/mol. The van der Waals surface area contributed by atoms with Crippen LogP contribution in [0.2, 0.25) is 0 Å². The molecule has 3 N–H and O–H groups in total. The van der Waals surface area contributed by atoms with E-state index in [1.54, 1.807) is 0 Å². The fourth-order valence-corrected chi connectivity index (χ4v) is 2.29. The maximum absolute atomic E-state index is 5.81. The molecule has 0 radical (unpaired) electrons. The van der Waals surface area contributed by atoms with E-state index in [-0.39, 0.29) is 6.04 Å². The molecule has 1 aromatic rings. The highest BCUT2D eigenvalue weighted by atomic mass is 32.1. The summed E-state index contributed by atoms with van der Waals surface area (Å²) in [5.74, 6) is 0. The molecule has 0 aromatic carbocycles. The minimum Gasteiger partial charge on any atom is -0.327 e. The van der Waals surface area contributed by atoms with E-state index in [2.05, 4.69) is 32.2 Å². The summed E-state index contributed by atoms with van der Waals surface area (Å²) >= 11 is 1.87. The lowest BCUT2D eigenvalue weighted by molar-refractivity contribution is 0.565. The third-order valence-electron chi connectivity index (χ3n) is 2.45. The zero-order valence-electron chi connectivity index (χ0n) is 9.26. The zero-order chi connectivity index (χ0) is 10.6. The van der Waals surface area contributed by atoms with Crippen LogP contribution in [0.1, 0.15) is 28.7 Å². The van der Waals surface area contributed by atoms with Gasteiger partial charge in [0, 0.05) is 28.9 Å². The first kappa shape index (κ1) is 11.7. The van der Waals surface area contributed by atoms with Gasteiger partial charge in [0.25, 0.3) is 0 Å². The molecule has 3 heteroatoms. The van der Waals surface area contributed by atoms with Gasteiger partial charge in [-0.2, -0.15) is 0 Å². The smallest absolute Gasteiger partial charge is 0.0300 e. The van der Waals surface area contributed by atoms with Crippen molar-refractivity contribution >= 4 is 11.3 Å². The van der Waals surface area contributed by atoms with E-state index in [4.69, 9.17) is 5.73 Å². The molecule has 2 nitrogen and oxygen atoms in total. The van der Waals surface area contributed by atoms with Crippen molar-refractivity contribution < 1.29 is 0 Å². The number of hydrogen-bond acceptors (Lipinski definition) is 3. The molecule has 1 aromatic heterocycles. The molecule has 0 amide bonds. The van der Waals surface area contributed by atoms with Crippen LogP contribution in [0.15, 0.2) is 6.07 Å². The van der Waals surface area contributed by atoms with Crippen molar-refractivity contribution in [2.24, 2.45) is 5.73 Å². The summed E-state index contributed by atoms with van der Waals surface area (Å²) in [6.45, 7) is 8.31. The summed E-state index contributed by atoms with van der Waals surface area (Å²) in [5, 5.41) is 3.38. The molecule has 14 heavy (non-hydrogen) atoms. The molecule has 0 fully saturated rings. The lowest BCUT2D eigenvalue weighted by Gasteiger charge is -2.08. The van der Waals surface area contributed by atoms with Crippen molar-refractivity contribution in [3.63, 3.8) is 0 Å². The Bertz CT molecular complexity index is 261. The molecule has 80 valence electrons. The fraction of sp³-hybridized carbons (Fsp3) is 0.636. The molecule has 0 aliphatic carbocycles. The molecular formula is C11H20N2S. The highest BCUT2D eigenvalue weighted by molar-refractivity contribution is 7.12. The number of hydrogen-bond donors (Lipinski definition) is 2. The van der Waals surface area contributed by atoms with Crippen LogP contribution >= 0.6 is 11.3 Å². The maximum Gasteiger partial charge on any atom is 0.0300 e. The standard InChI is InChI=1S/C11H20N2S/c1-4-10(12)6-13-7-11-5-8(2)9(3)14-11/h5,10,13H,4,6-7,12H2,1-3H3. The minimum absolute atomic E-state index is 0.289. The van der Waals surface area contributed by atoms with Crippen molar-refractivity contribution in [3.05, 3.63) is 21.4 Å². The third kappa shape index (κ3) is 3.40. The Balaban J connectivity index is 2.31. The van der Waals surface area contributed by atoms with E-state index in [1.165, 1.54) is 15.3 Å². The molecule has 1 rings (SSSR count). The fourth-order valence-electron chi connectivity index (χ4n) is 1.26. The lowest BCUT2D eigenvalue weighted by atomic mass is 10.2. The normalized spacial score (nSPS) is 13.1. The number of nitrogens with two attached hydrogens (primary N) is 1. The van der Waals surface area contributed by atoms with Crippen molar-refractivity contribution in [2.75, 3.05) is 6.54 Å². The molecule has 1 unspecified atom stereocenters. The van der Waals surface area contributed by atoms with Gasteiger partial charge in [-0.25, -0.2) is 0 Å². The minimum atomic E-state index is 0.289. The predicted octanol–water partition coefficient (Wildman–Crippen LogP) is 2.19. The van der Waals surface area contributed by atoms with Crippen LogP contribution in [-0.2, 0) is 6.54 Å². The van der Waals surface area contributed by atoms with E-state index in [0.717, 1.165) is 19.5 Å². The predicted molar refractivity (Wildman–Crippen MR) is 63.8 cm³/mol. The first-order valence-electron chi connectivity index (χ1n) is 5.15. The Hall–Kier alpha value is -0.380. The molecule has 0 aliphatic rings. The first-order valence-corrected chi connectivity index (χ1v) is 5.97. The van der Waals surface area contributed by atoms with Crippen LogP contribution in [0.25, 0.3) is 0 Å². The molecule has 1 heterocycles. The lowest BCUT2D eigenvalue weighted by Crippen LogP contribution is -2.32. The van der Waals surface area contributed by atoms with E-state index < -0.39 is 0 Å². The van der Waals surface area contributed by atoms with Gasteiger partial charge in [-0.3, -0.25) is 0 Å². The first-order chi connectivity index (χ1) is 6.63. The second-order valence-electron chi connectivity index (χ2n) is 3.75. The van der Waals surface area contributed by atoms with Gasteiger partial charge in [-0.05, 0) is 31.9 Å². The topological polar surface area (TPSA) is 38.0 Å². The highest BCUT2D eigenvalue weighted by Gasteiger charge is 2.02. The Kier molecular flexibility index (Phi) is 4.58. The van der Waals surface area contributed by atoms with Gasteiger partial charge in [-0.15, -0.1) is 11.3 Å². The Morgan fingerprint density at radius 1 is 1.50 bits per heavy atom. The summed E-state index contributed by atoms with van der Waals surface area (Å²) in [4.78, 5) is 2.82. The van der Waals surface area contributed by atoms with Gasteiger partial charge in [0.15, 0.2) is 0 Å². The van der Waals surface area contributed by atoms with Gasteiger partial charge >= 0.3 is 0 Å². The summed E-state index contributed by atoms with van der Waals surface area (Å²) in [6.07, 6.45) is 1.04. The summed E-state index contributed by atoms with van der Waals surface area (Å²) < 4.78 is 0. The number of thiophene rings is 1. The van der Waals surface area contributed by atoms with Gasteiger partial charge in [-0.1, -0.05) is 6.92 Å². The van der Waals surface area contributed by atoms with Crippen LogP contribution < -0.4 is 11.1 Å². The van der Waals surface area contributed by atoms with Crippen LogP contribution in [-0.4, -0.2) is 12.6 Å². The van der Waals surface area contributed by atoms with Crippen LogP contribution in [0.4, 0.5) is 0 Å². The third-order valence-corrected chi connectivity index (χ3v) is 3.60. The average Bonchev–Trinajstić information content (AvgIpc) is 2.46. The maximum atomic E-state index is 5.81. The number of nitrogens with one attached hydrogen (secondary N) is 1. The average molecular weight is 212 g/mol. The second-order valence-corrected chi connectivity index (χ2v) is 5.09. The summed E-state index contributed by atoms with van der Waals surface area (Å²) in [5.41, 5.74) is 7.21. The Morgan fingerprint density at radius 3 is 2.71 bits per heavy atom. The van der Waals surface area contributed by atoms with Gasteiger partial charge in [0.1, 0.15) is 0 Å². The van der Waals surface area contributed by atoms with Gasteiger partial charge < -0.3 is 11.1 Å². The summed E-state index contributed by atoms with van der Waals surface area (Å²) in [7, 11) is 0. The molecular weight excluding hydrogens is 192 g/mol. The van der Waals surface area contributed by atoms with Crippen molar-refractivity contribution in [2.45, 2.75) is 39.8 Å². The SMILES string of the molecule is CCC(N)CNCc1cc(C)c(C)s1. The largest absolute Gasteiger partial charge is 0.327 e. The van der Waals surface area contributed by atoms with E-state index in [1.807, 2.05) is 11.3 Å². The van der Waals surface area contributed by atoms with Crippen LogP contribution in [0.3, 0.4) is 0 Å².